The molecule has 0 unspecified atom stereocenters. The minimum absolute atomic E-state index is 0.799. The summed E-state index contributed by atoms with van der Waals surface area (Å²) in [5.74, 6) is 0.981. The highest BCUT2D eigenvalue weighted by Gasteiger charge is 2.21. The van der Waals surface area contributed by atoms with Crippen molar-refractivity contribution in [2.24, 2.45) is 0 Å². The molecule has 28 heavy (non-hydrogen) atoms. The summed E-state index contributed by atoms with van der Waals surface area (Å²) in [6.07, 6.45) is 5.37. The van der Waals surface area contributed by atoms with Crippen molar-refractivity contribution in [1.82, 2.24) is 20.2 Å². The molecule has 2 aromatic carbocycles. The Morgan fingerprint density at radius 2 is 1.71 bits per heavy atom. The van der Waals surface area contributed by atoms with E-state index in [4.69, 9.17) is 11.6 Å². The molecule has 1 fully saturated rings. The van der Waals surface area contributed by atoms with Gasteiger partial charge in [-0.15, -0.1) is 0 Å². The maximum absolute atomic E-state index is 6.37. The van der Waals surface area contributed by atoms with Crippen molar-refractivity contribution >= 4 is 34.0 Å². The van der Waals surface area contributed by atoms with Gasteiger partial charge >= 0.3 is 0 Å². The first-order chi connectivity index (χ1) is 13.8. The highest BCUT2D eigenvalue weighted by molar-refractivity contribution is 6.33. The van der Waals surface area contributed by atoms with Crippen LogP contribution in [0.2, 0.25) is 5.02 Å². The number of hydrogen-bond donors (Lipinski definition) is 1. The molecule has 1 aliphatic rings. The number of benzene rings is 2. The molecular weight excluding hydrogens is 372 g/mol. The monoisotopic (exact) mass is 390 g/mol. The topological polar surface area (TPSA) is 60.9 Å². The quantitative estimate of drug-likeness (QED) is 0.573. The van der Waals surface area contributed by atoms with Crippen LogP contribution in [0.5, 0.6) is 0 Å². The molecule has 1 saturated heterocycles. The number of para-hydroxylation sites is 1. The number of fused-ring (bicyclic) bond motifs is 1. The number of aromatic nitrogens is 4. The van der Waals surface area contributed by atoms with Crippen molar-refractivity contribution in [2.45, 2.75) is 0 Å². The molecule has 140 valence electrons. The van der Waals surface area contributed by atoms with Crippen molar-refractivity contribution < 1.29 is 0 Å². The van der Waals surface area contributed by atoms with Crippen LogP contribution in [0.4, 0.5) is 11.5 Å². The summed E-state index contributed by atoms with van der Waals surface area (Å²) < 4.78 is 0. The fraction of sp³-hybridized carbons (Fsp3) is 0.190. The average molecular weight is 391 g/mol. The molecule has 7 heteroatoms. The fourth-order valence-electron chi connectivity index (χ4n) is 3.75. The SMILES string of the molecule is Clc1ccccc1N1CCN(c2ncnc3ccc(-c4cn[nH]c4)cc23)CC1. The van der Waals surface area contributed by atoms with Crippen molar-refractivity contribution in [2.75, 3.05) is 36.0 Å². The molecule has 0 saturated carbocycles. The molecule has 1 aliphatic heterocycles. The summed E-state index contributed by atoms with van der Waals surface area (Å²) >= 11 is 6.37. The molecule has 0 bridgehead atoms. The summed E-state index contributed by atoms with van der Waals surface area (Å²) in [6, 6.07) is 14.3. The van der Waals surface area contributed by atoms with Gasteiger partial charge in [0, 0.05) is 43.3 Å². The summed E-state index contributed by atoms with van der Waals surface area (Å²) in [5.41, 5.74) is 4.21. The Kier molecular flexibility index (Phi) is 4.33. The number of piperazine rings is 1. The van der Waals surface area contributed by atoms with E-state index >= 15 is 0 Å². The zero-order valence-electron chi connectivity index (χ0n) is 15.2. The van der Waals surface area contributed by atoms with Crippen LogP contribution in [-0.4, -0.2) is 46.3 Å². The molecular formula is C21H19ClN6. The van der Waals surface area contributed by atoms with Crippen molar-refractivity contribution in [1.29, 1.82) is 0 Å². The van der Waals surface area contributed by atoms with Gasteiger partial charge in [0.25, 0.3) is 0 Å². The van der Waals surface area contributed by atoms with E-state index in [9.17, 15) is 0 Å². The van der Waals surface area contributed by atoms with Gasteiger partial charge in [0.2, 0.25) is 0 Å². The van der Waals surface area contributed by atoms with Crippen molar-refractivity contribution in [3.05, 3.63) is 66.2 Å². The molecule has 0 aliphatic carbocycles. The first-order valence-electron chi connectivity index (χ1n) is 9.28. The molecule has 6 nitrogen and oxygen atoms in total. The normalized spacial score (nSPS) is 14.6. The Bertz CT molecular complexity index is 1100. The van der Waals surface area contributed by atoms with Gasteiger partial charge in [0.1, 0.15) is 12.1 Å². The number of hydrogen-bond acceptors (Lipinski definition) is 5. The van der Waals surface area contributed by atoms with Crippen molar-refractivity contribution in [3.63, 3.8) is 0 Å². The molecule has 1 N–H and O–H groups in total. The molecule has 0 amide bonds. The third kappa shape index (κ3) is 3.05. The van der Waals surface area contributed by atoms with E-state index in [0.717, 1.165) is 64.7 Å². The number of rotatable bonds is 3. The molecule has 5 rings (SSSR count). The van der Waals surface area contributed by atoms with Crippen LogP contribution < -0.4 is 9.80 Å². The van der Waals surface area contributed by atoms with Crippen LogP contribution in [0, 0.1) is 0 Å². The van der Waals surface area contributed by atoms with Gasteiger partial charge in [-0.05, 0) is 29.8 Å². The third-order valence-electron chi connectivity index (χ3n) is 5.22. The number of H-pyrrole nitrogens is 1. The summed E-state index contributed by atoms with van der Waals surface area (Å²) in [5, 5.41) is 8.79. The lowest BCUT2D eigenvalue weighted by molar-refractivity contribution is 0.649. The average Bonchev–Trinajstić information content (AvgIpc) is 3.28. The highest BCUT2D eigenvalue weighted by atomic mass is 35.5. The Morgan fingerprint density at radius 3 is 2.50 bits per heavy atom. The van der Waals surface area contributed by atoms with Gasteiger partial charge < -0.3 is 9.80 Å². The first kappa shape index (κ1) is 17.0. The van der Waals surface area contributed by atoms with E-state index in [2.05, 4.69) is 48.2 Å². The number of aromatic amines is 1. The lowest BCUT2D eigenvalue weighted by Crippen LogP contribution is -2.47. The molecule has 2 aromatic heterocycles. The van der Waals surface area contributed by atoms with Crippen molar-refractivity contribution in [3.8, 4) is 11.1 Å². The van der Waals surface area contributed by atoms with E-state index in [1.165, 1.54) is 0 Å². The van der Waals surface area contributed by atoms with Gasteiger partial charge in [-0.1, -0.05) is 29.8 Å². The maximum Gasteiger partial charge on any atom is 0.140 e. The van der Waals surface area contributed by atoms with Gasteiger partial charge in [0.15, 0.2) is 0 Å². The molecule has 4 aromatic rings. The number of nitrogens with zero attached hydrogens (tertiary/aromatic N) is 5. The smallest absolute Gasteiger partial charge is 0.140 e. The second-order valence-electron chi connectivity index (χ2n) is 6.84. The third-order valence-corrected chi connectivity index (χ3v) is 5.54. The molecule has 0 spiro atoms. The first-order valence-corrected chi connectivity index (χ1v) is 9.66. The van der Waals surface area contributed by atoms with Gasteiger partial charge in [-0.2, -0.15) is 5.10 Å². The molecule has 0 atom stereocenters. The highest BCUT2D eigenvalue weighted by Crippen LogP contribution is 2.30. The van der Waals surface area contributed by atoms with E-state index < -0.39 is 0 Å². The zero-order valence-corrected chi connectivity index (χ0v) is 16.0. The van der Waals surface area contributed by atoms with E-state index in [-0.39, 0.29) is 0 Å². The molecule has 0 radical (unpaired) electrons. The summed E-state index contributed by atoms with van der Waals surface area (Å²) in [4.78, 5) is 13.7. The summed E-state index contributed by atoms with van der Waals surface area (Å²) in [6.45, 7) is 3.56. The lowest BCUT2D eigenvalue weighted by atomic mass is 10.1. The number of anilines is 2. The Labute approximate surface area is 167 Å². The van der Waals surface area contributed by atoms with E-state index in [1.807, 2.05) is 36.7 Å². The summed E-state index contributed by atoms with van der Waals surface area (Å²) in [7, 11) is 0. The van der Waals surface area contributed by atoms with E-state index in [1.54, 1.807) is 6.33 Å². The minimum Gasteiger partial charge on any atom is -0.367 e. The van der Waals surface area contributed by atoms with Crippen LogP contribution >= 0.6 is 11.6 Å². The van der Waals surface area contributed by atoms with Crippen LogP contribution in [0.25, 0.3) is 22.0 Å². The van der Waals surface area contributed by atoms with Crippen LogP contribution in [0.3, 0.4) is 0 Å². The number of nitrogens with one attached hydrogen (secondary N) is 1. The Morgan fingerprint density at radius 1 is 0.893 bits per heavy atom. The maximum atomic E-state index is 6.37. The van der Waals surface area contributed by atoms with Crippen LogP contribution in [0.15, 0.2) is 61.2 Å². The zero-order chi connectivity index (χ0) is 18.9. The standard InChI is InChI=1S/C21H19ClN6/c22-18-3-1-2-4-20(18)27-7-9-28(10-8-27)21-17-11-15(16-12-25-26-13-16)5-6-19(17)23-14-24-21/h1-6,11-14H,7-10H2,(H,25,26). The number of halogens is 1. The van der Waals surface area contributed by atoms with Gasteiger partial charge in [-0.3, -0.25) is 5.10 Å². The van der Waals surface area contributed by atoms with Gasteiger partial charge in [0.05, 0.1) is 22.4 Å². The second kappa shape index (κ2) is 7.13. The largest absolute Gasteiger partial charge is 0.367 e. The lowest BCUT2D eigenvalue weighted by Gasteiger charge is -2.37. The molecule has 3 heterocycles. The second-order valence-corrected chi connectivity index (χ2v) is 7.25. The van der Waals surface area contributed by atoms with Crippen LogP contribution in [0.1, 0.15) is 0 Å². The predicted molar refractivity (Wildman–Crippen MR) is 113 cm³/mol. The van der Waals surface area contributed by atoms with Crippen LogP contribution in [-0.2, 0) is 0 Å². The van der Waals surface area contributed by atoms with Gasteiger partial charge in [-0.25, -0.2) is 9.97 Å². The Hall–Kier alpha value is -3.12. The predicted octanol–water partition coefficient (Wildman–Crippen LogP) is 4.00. The van der Waals surface area contributed by atoms with E-state index in [0.29, 0.717) is 0 Å². The Balaban J connectivity index is 1.44. The fourth-order valence-corrected chi connectivity index (χ4v) is 4.01. The minimum atomic E-state index is 0.799.